The Hall–Kier alpha value is -0.200. The summed E-state index contributed by atoms with van der Waals surface area (Å²) in [6.45, 7) is 8.67. The van der Waals surface area contributed by atoms with Crippen LogP contribution in [0.5, 0.6) is 5.88 Å². The first-order valence-electron chi connectivity index (χ1n) is 8.49. The molecule has 0 amide bonds. The number of aromatic nitrogens is 2. The van der Waals surface area contributed by atoms with E-state index in [1.54, 1.807) is 30.3 Å². The van der Waals surface area contributed by atoms with E-state index in [9.17, 15) is 4.57 Å². The number of phosphoric acid groups is 1. The van der Waals surface area contributed by atoms with Crippen molar-refractivity contribution in [2.45, 2.75) is 64.9 Å². The van der Waals surface area contributed by atoms with Crippen LogP contribution in [0.1, 0.15) is 53.4 Å². The zero-order valence-electron chi connectivity index (χ0n) is 14.9. The van der Waals surface area contributed by atoms with Crippen LogP contribution in [0, 0.1) is 0 Å². The Morgan fingerprint density at radius 3 is 2.33 bits per heavy atom. The van der Waals surface area contributed by atoms with Crippen LogP contribution in [-0.2, 0) is 20.2 Å². The lowest BCUT2D eigenvalue weighted by Crippen LogP contribution is -2.03. The van der Waals surface area contributed by atoms with E-state index < -0.39 is 7.82 Å². The van der Waals surface area contributed by atoms with Crippen LogP contribution >= 0.6 is 31.2 Å². The highest BCUT2D eigenvalue weighted by Gasteiger charge is 2.31. The lowest BCUT2D eigenvalue weighted by Gasteiger charge is -2.15. The van der Waals surface area contributed by atoms with Gasteiger partial charge < -0.3 is 4.52 Å². The fraction of sp³-hybridized carbons (Fsp3) is 0.800. The van der Waals surface area contributed by atoms with Gasteiger partial charge in [-0.3, -0.25) is 13.7 Å². The summed E-state index contributed by atoms with van der Waals surface area (Å²) < 4.78 is 29.9. The number of unbranched alkanes of at least 4 members (excludes halogenated alkanes) is 3. The van der Waals surface area contributed by atoms with Crippen molar-refractivity contribution in [1.29, 1.82) is 0 Å². The molecule has 0 aliphatic carbocycles. The molecule has 1 aromatic heterocycles. The molecule has 0 fully saturated rings. The molecule has 0 N–H and O–H groups in total. The van der Waals surface area contributed by atoms with Gasteiger partial charge in [-0.05, 0) is 32.9 Å². The minimum Gasteiger partial charge on any atom is -0.382 e. The fourth-order valence-corrected chi connectivity index (χ4v) is 4.64. The van der Waals surface area contributed by atoms with Gasteiger partial charge in [0, 0.05) is 6.54 Å². The molecule has 0 radical (unpaired) electrons. The van der Waals surface area contributed by atoms with Gasteiger partial charge in [0.25, 0.3) is 5.88 Å². The largest absolute Gasteiger partial charge is 0.531 e. The summed E-state index contributed by atoms with van der Waals surface area (Å²) in [5, 5.41) is 5.48. The van der Waals surface area contributed by atoms with Crippen molar-refractivity contribution < 1.29 is 18.1 Å². The highest BCUT2D eigenvalue weighted by atomic mass is 35.5. The second-order valence-corrected chi connectivity index (χ2v) is 8.08. The summed E-state index contributed by atoms with van der Waals surface area (Å²) in [5.41, 5.74) is 0. The molecule has 0 saturated heterocycles. The van der Waals surface area contributed by atoms with Crippen LogP contribution in [-0.4, -0.2) is 28.7 Å². The first-order valence-corrected chi connectivity index (χ1v) is 11.3. The third kappa shape index (κ3) is 6.60. The zero-order chi connectivity index (χ0) is 18.0. The van der Waals surface area contributed by atoms with Gasteiger partial charge in [0.05, 0.1) is 13.2 Å². The average molecular weight is 399 g/mol. The van der Waals surface area contributed by atoms with E-state index >= 15 is 0 Å². The summed E-state index contributed by atoms with van der Waals surface area (Å²) in [6.07, 6.45) is 4.77. The SMILES string of the molecule is CCCCCCSc1c(Cl)c(OP(=O)(OCC)OCC)nn1CC. The molecule has 1 rings (SSSR count). The molecular formula is C15H28ClN2O4PS. The molecule has 0 bridgehead atoms. The molecule has 9 heteroatoms. The Balaban J connectivity index is 2.83. The fourth-order valence-electron chi connectivity index (χ4n) is 2.02. The van der Waals surface area contributed by atoms with Crippen LogP contribution in [0.4, 0.5) is 0 Å². The Morgan fingerprint density at radius 2 is 1.79 bits per heavy atom. The van der Waals surface area contributed by atoms with Crippen LogP contribution in [0.25, 0.3) is 0 Å². The van der Waals surface area contributed by atoms with Crippen molar-refractivity contribution in [3.63, 3.8) is 0 Å². The van der Waals surface area contributed by atoms with Gasteiger partial charge in [0.1, 0.15) is 10.0 Å². The Labute approximate surface area is 154 Å². The second-order valence-electron chi connectivity index (χ2n) is 5.02. The molecule has 0 aliphatic heterocycles. The van der Waals surface area contributed by atoms with Gasteiger partial charge in [-0.2, -0.15) is 0 Å². The summed E-state index contributed by atoms with van der Waals surface area (Å²) >= 11 is 8.03. The second kappa shape index (κ2) is 11.4. The number of hydrogen-bond acceptors (Lipinski definition) is 6. The maximum atomic E-state index is 12.5. The van der Waals surface area contributed by atoms with Crippen molar-refractivity contribution in [3.05, 3.63) is 5.02 Å². The number of nitrogens with zero attached hydrogens (tertiary/aromatic N) is 2. The highest BCUT2D eigenvalue weighted by molar-refractivity contribution is 7.99. The van der Waals surface area contributed by atoms with Crippen LogP contribution in [0.15, 0.2) is 5.03 Å². The molecule has 6 nitrogen and oxygen atoms in total. The predicted molar refractivity (Wildman–Crippen MR) is 99.3 cm³/mol. The van der Waals surface area contributed by atoms with Gasteiger partial charge in [0.2, 0.25) is 0 Å². The first kappa shape index (κ1) is 21.8. The molecule has 0 unspecified atom stereocenters. The minimum atomic E-state index is -3.70. The molecule has 140 valence electrons. The Kier molecular flexibility index (Phi) is 10.4. The van der Waals surface area contributed by atoms with E-state index in [4.69, 9.17) is 25.2 Å². The van der Waals surface area contributed by atoms with Crippen molar-refractivity contribution in [1.82, 2.24) is 9.78 Å². The van der Waals surface area contributed by atoms with Gasteiger partial charge >= 0.3 is 7.82 Å². The van der Waals surface area contributed by atoms with Crippen molar-refractivity contribution >= 4 is 31.2 Å². The quantitative estimate of drug-likeness (QED) is 0.238. The van der Waals surface area contributed by atoms with Crippen LogP contribution in [0.2, 0.25) is 5.02 Å². The number of rotatable bonds is 13. The summed E-state index contributed by atoms with van der Waals surface area (Å²) in [7, 11) is -3.70. The summed E-state index contributed by atoms with van der Waals surface area (Å²) in [4.78, 5) is 0. The molecule has 0 spiro atoms. The molecular weight excluding hydrogens is 371 g/mol. The third-order valence-electron chi connectivity index (χ3n) is 3.13. The molecule has 0 aliphatic rings. The maximum absolute atomic E-state index is 12.5. The molecule has 24 heavy (non-hydrogen) atoms. The molecule has 1 aromatic rings. The van der Waals surface area contributed by atoms with Gasteiger partial charge in [-0.25, -0.2) is 4.57 Å². The van der Waals surface area contributed by atoms with Gasteiger partial charge in [-0.15, -0.1) is 16.9 Å². The Morgan fingerprint density at radius 1 is 1.12 bits per heavy atom. The summed E-state index contributed by atoms with van der Waals surface area (Å²) in [6, 6.07) is 0. The van der Waals surface area contributed by atoms with Crippen molar-refractivity contribution in [2.75, 3.05) is 19.0 Å². The minimum absolute atomic E-state index is 0.0970. The molecule has 0 atom stereocenters. The maximum Gasteiger partial charge on any atom is 0.531 e. The van der Waals surface area contributed by atoms with Gasteiger partial charge in [-0.1, -0.05) is 37.8 Å². The molecule has 0 aromatic carbocycles. The van der Waals surface area contributed by atoms with Crippen molar-refractivity contribution in [2.24, 2.45) is 0 Å². The topological polar surface area (TPSA) is 62.6 Å². The average Bonchev–Trinajstić information content (AvgIpc) is 2.83. The van der Waals surface area contributed by atoms with Crippen molar-refractivity contribution in [3.8, 4) is 5.88 Å². The normalized spacial score (nSPS) is 11.9. The van der Waals surface area contributed by atoms with E-state index in [-0.39, 0.29) is 19.1 Å². The predicted octanol–water partition coefficient (Wildman–Crippen LogP) is 5.79. The number of thioether (sulfide) groups is 1. The lowest BCUT2D eigenvalue weighted by atomic mass is 10.2. The Bertz CT molecular complexity index is 532. The van der Waals surface area contributed by atoms with Gasteiger partial charge in [0.15, 0.2) is 0 Å². The molecule has 1 heterocycles. The zero-order valence-corrected chi connectivity index (χ0v) is 17.4. The smallest absolute Gasteiger partial charge is 0.382 e. The number of phosphoric ester groups is 1. The molecule has 0 saturated carbocycles. The monoisotopic (exact) mass is 398 g/mol. The van der Waals surface area contributed by atoms with E-state index in [0.29, 0.717) is 11.6 Å². The first-order chi connectivity index (χ1) is 11.5. The standard InChI is InChI=1S/C15H28ClN2O4PS/c1-5-9-10-11-12-24-15-13(16)14(17-18(15)6-2)22-23(19,20-7-3)21-8-4/h5-12H2,1-4H3. The lowest BCUT2D eigenvalue weighted by molar-refractivity contribution is 0.165. The number of aryl methyl sites for hydroxylation is 1. The van der Waals surface area contributed by atoms with E-state index in [1.165, 1.54) is 19.3 Å². The van der Waals surface area contributed by atoms with Crippen LogP contribution < -0.4 is 4.52 Å². The number of hydrogen-bond donors (Lipinski definition) is 0. The van der Waals surface area contributed by atoms with E-state index in [0.717, 1.165) is 17.2 Å². The number of halogens is 1. The van der Waals surface area contributed by atoms with E-state index in [2.05, 4.69) is 12.0 Å². The van der Waals surface area contributed by atoms with Crippen LogP contribution in [0.3, 0.4) is 0 Å². The van der Waals surface area contributed by atoms with E-state index in [1.807, 2.05) is 6.92 Å². The highest BCUT2D eigenvalue weighted by Crippen LogP contribution is 2.51. The third-order valence-corrected chi connectivity index (χ3v) is 6.31. The summed E-state index contributed by atoms with van der Waals surface area (Å²) in [5.74, 6) is 1.05.